The average Bonchev–Trinajstić information content (AvgIpc) is 2.38. The van der Waals surface area contributed by atoms with E-state index in [-0.39, 0.29) is 5.82 Å². The van der Waals surface area contributed by atoms with Gasteiger partial charge in [0.15, 0.2) is 5.82 Å². The highest BCUT2D eigenvalue weighted by atomic mass is 32.2. The van der Waals surface area contributed by atoms with Crippen LogP contribution in [0.4, 0.5) is 11.6 Å². The van der Waals surface area contributed by atoms with Gasteiger partial charge in [-0.25, -0.2) is 8.42 Å². The number of sulfonamides is 1. The van der Waals surface area contributed by atoms with Crippen LogP contribution >= 0.6 is 0 Å². The zero-order valence-electron chi connectivity index (χ0n) is 11.3. The standard InChI is InChI=1S/C13H16N4O2S/c1-10-3-5-11(6-4-10)9-14-12-7-8-13(16-15-12)17-20(2,18)19/h3-8H,9H2,1-2H3,(H,14,15)(H,16,17). The van der Waals surface area contributed by atoms with E-state index in [1.165, 1.54) is 5.56 Å². The van der Waals surface area contributed by atoms with Crippen LogP contribution in [0, 0.1) is 6.92 Å². The first-order valence-electron chi connectivity index (χ1n) is 6.03. The summed E-state index contributed by atoms with van der Waals surface area (Å²) < 4.78 is 24.3. The average molecular weight is 292 g/mol. The van der Waals surface area contributed by atoms with Crippen LogP contribution in [0.1, 0.15) is 11.1 Å². The van der Waals surface area contributed by atoms with E-state index in [1.807, 2.05) is 31.2 Å². The Hall–Kier alpha value is -2.15. The first-order chi connectivity index (χ1) is 9.42. The number of nitrogens with one attached hydrogen (secondary N) is 2. The molecule has 0 aliphatic carbocycles. The minimum atomic E-state index is -3.32. The van der Waals surface area contributed by atoms with Crippen molar-refractivity contribution in [2.75, 3.05) is 16.3 Å². The lowest BCUT2D eigenvalue weighted by Crippen LogP contribution is -2.11. The predicted octanol–water partition coefficient (Wildman–Crippen LogP) is 1.77. The van der Waals surface area contributed by atoms with E-state index in [0.717, 1.165) is 11.8 Å². The van der Waals surface area contributed by atoms with Gasteiger partial charge in [-0.2, -0.15) is 0 Å². The van der Waals surface area contributed by atoms with Gasteiger partial charge in [-0.1, -0.05) is 29.8 Å². The summed E-state index contributed by atoms with van der Waals surface area (Å²) in [6.07, 6.45) is 1.07. The van der Waals surface area contributed by atoms with Crippen LogP contribution in [0.3, 0.4) is 0 Å². The molecule has 106 valence electrons. The summed E-state index contributed by atoms with van der Waals surface area (Å²) in [5, 5.41) is 10.8. The van der Waals surface area contributed by atoms with Gasteiger partial charge >= 0.3 is 0 Å². The highest BCUT2D eigenvalue weighted by molar-refractivity contribution is 7.92. The van der Waals surface area contributed by atoms with Crippen molar-refractivity contribution >= 4 is 21.7 Å². The fourth-order valence-corrected chi connectivity index (χ4v) is 2.06. The molecule has 1 aromatic carbocycles. The zero-order valence-corrected chi connectivity index (χ0v) is 12.1. The molecule has 0 fully saturated rings. The molecule has 6 nitrogen and oxygen atoms in total. The minimum absolute atomic E-state index is 0.202. The zero-order chi connectivity index (χ0) is 14.6. The van der Waals surface area contributed by atoms with Crippen molar-refractivity contribution in [1.29, 1.82) is 0 Å². The Morgan fingerprint density at radius 3 is 2.15 bits per heavy atom. The molecule has 0 saturated heterocycles. The SMILES string of the molecule is Cc1ccc(CNc2ccc(NS(C)(=O)=O)nn2)cc1. The summed E-state index contributed by atoms with van der Waals surface area (Å²) in [5.41, 5.74) is 2.35. The molecular formula is C13H16N4O2S. The van der Waals surface area contributed by atoms with Crippen LogP contribution in [0.2, 0.25) is 0 Å². The third-order valence-corrected chi connectivity index (χ3v) is 3.13. The number of aryl methyl sites for hydroxylation is 1. The molecule has 7 heteroatoms. The van der Waals surface area contributed by atoms with Gasteiger partial charge in [0.2, 0.25) is 10.0 Å². The molecule has 0 aliphatic rings. The Bertz CT molecular complexity index is 667. The summed E-state index contributed by atoms with van der Waals surface area (Å²) in [7, 11) is -3.32. The summed E-state index contributed by atoms with van der Waals surface area (Å²) in [6.45, 7) is 2.67. The number of benzene rings is 1. The number of anilines is 2. The van der Waals surface area contributed by atoms with Gasteiger partial charge in [0.1, 0.15) is 5.82 Å². The van der Waals surface area contributed by atoms with E-state index >= 15 is 0 Å². The van der Waals surface area contributed by atoms with Crippen molar-refractivity contribution in [2.24, 2.45) is 0 Å². The van der Waals surface area contributed by atoms with Crippen LogP contribution in [-0.4, -0.2) is 24.9 Å². The molecule has 20 heavy (non-hydrogen) atoms. The highest BCUT2D eigenvalue weighted by Gasteiger charge is 2.03. The number of aromatic nitrogens is 2. The van der Waals surface area contributed by atoms with Gasteiger partial charge < -0.3 is 5.32 Å². The van der Waals surface area contributed by atoms with Crippen LogP contribution in [0.15, 0.2) is 36.4 Å². The third-order valence-electron chi connectivity index (χ3n) is 2.55. The second-order valence-corrected chi connectivity index (χ2v) is 6.27. The minimum Gasteiger partial charge on any atom is -0.365 e. The van der Waals surface area contributed by atoms with Crippen molar-refractivity contribution < 1.29 is 8.42 Å². The topological polar surface area (TPSA) is 84.0 Å². The lowest BCUT2D eigenvalue weighted by molar-refractivity contribution is 0.606. The molecule has 0 atom stereocenters. The molecule has 0 spiro atoms. The summed E-state index contributed by atoms with van der Waals surface area (Å²) in [5.74, 6) is 0.790. The first kappa shape index (κ1) is 14.3. The second-order valence-electron chi connectivity index (χ2n) is 4.52. The maximum Gasteiger partial charge on any atom is 0.231 e. The van der Waals surface area contributed by atoms with Gasteiger partial charge in [-0.05, 0) is 24.6 Å². The van der Waals surface area contributed by atoms with E-state index in [0.29, 0.717) is 12.4 Å². The van der Waals surface area contributed by atoms with Crippen molar-refractivity contribution in [1.82, 2.24) is 10.2 Å². The molecule has 0 bridgehead atoms. The van der Waals surface area contributed by atoms with E-state index in [9.17, 15) is 8.42 Å². The Labute approximate surface area is 118 Å². The largest absolute Gasteiger partial charge is 0.365 e. The van der Waals surface area contributed by atoms with Crippen LogP contribution in [0.5, 0.6) is 0 Å². The molecule has 0 amide bonds. The molecule has 0 aliphatic heterocycles. The number of rotatable bonds is 5. The lowest BCUT2D eigenvalue weighted by atomic mass is 10.1. The van der Waals surface area contributed by atoms with Crippen molar-refractivity contribution in [3.63, 3.8) is 0 Å². The van der Waals surface area contributed by atoms with Gasteiger partial charge in [-0.15, -0.1) is 10.2 Å². The number of nitrogens with zero attached hydrogens (tertiary/aromatic N) is 2. The van der Waals surface area contributed by atoms with Gasteiger partial charge in [0.25, 0.3) is 0 Å². The summed E-state index contributed by atoms with van der Waals surface area (Å²) in [6, 6.07) is 11.4. The normalized spacial score (nSPS) is 11.1. The molecule has 2 aromatic rings. The third kappa shape index (κ3) is 4.51. The Morgan fingerprint density at radius 1 is 1.00 bits per heavy atom. The van der Waals surface area contributed by atoms with E-state index in [2.05, 4.69) is 20.2 Å². The summed E-state index contributed by atoms with van der Waals surface area (Å²) in [4.78, 5) is 0. The Kier molecular flexibility index (Phi) is 4.19. The highest BCUT2D eigenvalue weighted by Crippen LogP contribution is 2.09. The molecule has 2 N–H and O–H groups in total. The van der Waals surface area contributed by atoms with E-state index in [4.69, 9.17) is 0 Å². The van der Waals surface area contributed by atoms with Crippen molar-refractivity contribution in [3.05, 3.63) is 47.5 Å². The lowest BCUT2D eigenvalue weighted by Gasteiger charge is -2.06. The summed E-state index contributed by atoms with van der Waals surface area (Å²) >= 11 is 0. The Balaban J connectivity index is 1.95. The van der Waals surface area contributed by atoms with E-state index in [1.54, 1.807) is 12.1 Å². The molecule has 0 unspecified atom stereocenters. The van der Waals surface area contributed by atoms with Crippen molar-refractivity contribution in [2.45, 2.75) is 13.5 Å². The Morgan fingerprint density at radius 2 is 1.60 bits per heavy atom. The number of hydrogen-bond acceptors (Lipinski definition) is 5. The van der Waals surface area contributed by atoms with E-state index < -0.39 is 10.0 Å². The van der Waals surface area contributed by atoms with Crippen LogP contribution in [0.25, 0.3) is 0 Å². The second kappa shape index (κ2) is 5.87. The quantitative estimate of drug-likeness (QED) is 0.877. The molecule has 2 rings (SSSR count). The predicted molar refractivity (Wildman–Crippen MR) is 79.0 cm³/mol. The maximum absolute atomic E-state index is 11.0. The van der Waals surface area contributed by atoms with Gasteiger partial charge in [0.05, 0.1) is 6.26 Å². The number of hydrogen-bond donors (Lipinski definition) is 2. The molecular weight excluding hydrogens is 276 g/mol. The first-order valence-corrected chi connectivity index (χ1v) is 7.92. The smallest absolute Gasteiger partial charge is 0.231 e. The van der Waals surface area contributed by atoms with Crippen LogP contribution < -0.4 is 10.0 Å². The molecule has 0 saturated carbocycles. The van der Waals surface area contributed by atoms with Gasteiger partial charge in [-0.3, -0.25) is 4.72 Å². The van der Waals surface area contributed by atoms with Crippen LogP contribution in [-0.2, 0) is 16.6 Å². The monoisotopic (exact) mass is 292 g/mol. The van der Waals surface area contributed by atoms with Gasteiger partial charge in [0, 0.05) is 6.54 Å². The fourth-order valence-electron chi connectivity index (χ4n) is 1.57. The molecule has 0 radical (unpaired) electrons. The van der Waals surface area contributed by atoms with Crippen molar-refractivity contribution in [3.8, 4) is 0 Å². The molecule has 1 aromatic heterocycles. The molecule has 1 heterocycles. The fraction of sp³-hybridized carbons (Fsp3) is 0.231. The maximum atomic E-state index is 11.0.